The lowest BCUT2D eigenvalue weighted by molar-refractivity contribution is 0.102. The van der Waals surface area contributed by atoms with Gasteiger partial charge >= 0.3 is 0 Å². The zero-order valence-electron chi connectivity index (χ0n) is 10.4. The minimum Gasteiger partial charge on any atom is -0.322 e. The Morgan fingerprint density at radius 3 is 2.95 bits per heavy atom. The molecule has 1 aromatic carbocycles. The smallest absolute Gasteiger partial charge is 0.257 e. The van der Waals surface area contributed by atoms with Gasteiger partial charge in [0, 0.05) is 16.8 Å². The monoisotopic (exact) mass is 274 g/mol. The van der Waals surface area contributed by atoms with Crippen molar-refractivity contribution < 1.29 is 4.79 Å². The van der Waals surface area contributed by atoms with E-state index in [1.807, 2.05) is 30.5 Å². The molecule has 0 aliphatic heterocycles. The van der Waals surface area contributed by atoms with Crippen molar-refractivity contribution in [3.63, 3.8) is 0 Å². The summed E-state index contributed by atoms with van der Waals surface area (Å²) < 4.78 is 0. The van der Waals surface area contributed by atoms with Gasteiger partial charge in [-0.1, -0.05) is 6.07 Å². The van der Waals surface area contributed by atoms with Gasteiger partial charge in [0.2, 0.25) is 0 Å². The van der Waals surface area contributed by atoms with Gasteiger partial charge in [-0.3, -0.25) is 15.6 Å². The minimum atomic E-state index is -0.228. The van der Waals surface area contributed by atoms with Gasteiger partial charge in [-0.2, -0.15) is 0 Å². The molecule has 2 rings (SSSR count). The molecule has 0 fully saturated rings. The summed E-state index contributed by atoms with van der Waals surface area (Å²) in [6, 6.07) is 9.26. The van der Waals surface area contributed by atoms with Crippen molar-refractivity contribution in [2.45, 2.75) is 4.90 Å². The molecular weight excluding hydrogens is 260 g/mol. The van der Waals surface area contributed by atoms with Crippen molar-refractivity contribution in [1.82, 2.24) is 4.98 Å². The first-order valence-electron chi connectivity index (χ1n) is 5.60. The van der Waals surface area contributed by atoms with Crippen LogP contribution in [-0.4, -0.2) is 17.1 Å². The summed E-state index contributed by atoms with van der Waals surface area (Å²) in [5.74, 6) is 5.13. The Kier molecular flexibility index (Phi) is 4.38. The number of hydrogen-bond donors (Lipinski definition) is 3. The molecule has 0 aliphatic rings. The number of nitrogens with one attached hydrogen (secondary N) is 2. The van der Waals surface area contributed by atoms with Gasteiger partial charge < -0.3 is 10.7 Å². The Morgan fingerprint density at radius 2 is 2.21 bits per heavy atom. The molecule has 19 heavy (non-hydrogen) atoms. The highest BCUT2D eigenvalue weighted by Crippen LogP contribution is 2.20. The van der Waals surface area contributed by atoms with Crippen LogP contribution in [0.25, 0.3) is 0 Å². The van der Waals surface area contributed by atoms with Gasteiger partial charge in [0.15, 0.2) is 0 Å². The van der Waals surface area contributed by atoms with Crippen LogP contribution in [-0.2, 0) is 0 Å². The molecule has 0 saturated carbocycles. The second kappa shape index (κ2) is 6.21. The van der Waals surface area contributed by atoms with Crippen molar-refractivity contribution >= 4 is 29.0 Å². The quantitative estimate of drug-likeness (QED) is 0.453. The number of amides is 1. The Balaban J connectivity index is 2.20. The molecule has 4 N–H and O–H groups in total. The van der Waals surface area contributed by atoms with E-state index in [9.17, 15) is 4.79 Å². The first-order valence-corrected chi connectivity index (χ1v) is 6.83. The number of benzene rings is 1. The third-order valence-corrected chi connectivity index (χ3v) is 3.27. The predicted molar refractivity (Wildman–Crippen MR) is 78.2 cm³/mol. The summed E-state index contributed by atoms with van der Waals surface area (Å²) in [4.78, 5) is 17.1. The lowest BCUT2D eigenvalue weighted by Gasteiger charge is -2.09. The van der Waals surface area contributed by atoms with Gasteiger partial charge in [0.1, 0.15) is 0 Å². The van der Waals surface area contributed by atoms with Crippen molar-refractivity contribution in [1.29, 1.82) is 0 Å². The Labute approximate surface area is 115 Å². The highest BCUT2D eigenvalue weighted by atomic mass is 32.2. The van der Waals surface area contributed by atoms with E-state index in [0.29, 0.717) is 11.3 Å². The summed E-state index contributed by atoms with van der Waals surface area (Å²) in [6.45, 7) is 0. The number of aromatic nitrogens is 1. The number of pyridine rings is 1. The number of hydrazine groups is 1. The number of nitrogens with zero attached hydrogens (tertiary/aromatic N) is 1. The molecule has 0 spiro atoms. The SMILES string of the molecule is CSc1cccc(NC(=O)c2ccncc2NN)c1. The van der Waals surface area contributed by atoms with Crippen LogP contribution < -0.4 is 16.6 Å². The van der Waals surface area contributed by atoms with Crippen LogP contribution in [0.3, 0.4) is 0 Å². The van der Waals surface area contributed by atoms with Crippen LogP contribution in [0.5, 0.6) is 0 Å². The summed E-state index contributed by atoms with van der Waals surface area (Å²) in [5, 5.41) is 2.83. The van der Waals surface area contributed by atoms with Crippen molar-refractivity contribution in [2.75, 3.05) is 17.0 Å². The molecule has 0 saturated heterocycles. The van der Waals surface area contributed by atoms with Crippen LogP contribution >= 0.6 is 11.8 Å². The molecule has 5 nitrogen and oxygen atoms in total. The summed E-state index contributed by atoms with van der Waals surface area (Å²) >= 11 is 1.62. The van der Waals surface area contributed by atoms with Crippen molar-refractivity contribution in [3.05, 3.63) is 48.3 Å². The van der Waals surface area contributed by atoms with Gasteiger partial charge in [0.25, 0.3) is 5.91 Å². The van der Waals surface area contributed by atoms with Gasteiger partial charge in [-0.25, -0.2) is 0 Å². The highest BCUT2D eigenvalue weighted by molar-refractivity contribution is 7.98. The number of nitrogen functional groups attached to an aromatic ring is 1. The molecule has 2 aromatic rings. The fourth-order valence-electron chi connectivity index (χ4n) is 1.61. The first-order chi connectivity index (χ1) is 9.24. The van der Waals surface area contributed by atoms with E-state index in [1.54, 1.807) is 24.0 Å². The third kappa shape index (κ3) is 3.24. The first kappa shape index (κ1) is 13.4. The maximum atomic E-state index is 12.2. The third-order valence-electron chi connectivity index (χ3n) is 2.55. The van der Waals surface area contributed by atoms with Crippen molar-refractivity contribution in [2.24, 2.45) is 5.84 Å². The molecule has 1 aromatic heterocycles. The standard InChI is InChI=1S/C13H14N4OS/c1-19-10-4-2-3-9(7-10)16-13(18)11-5-6-15-8-12(11)17-14/h2-8,17H,14H2,1H3,(H,16,18). The zero-order chi connectivity index (χ0) is 13.7. The molecule has 1 heterocycles. The second-order valence-corrected chi connectivity index (χ2v) is 4.63. The molecule has 1 amide bonds. The van der Waals surface area contributed by atoms with E-state index in [2.05, 4.69) is 15.7 Å². The van der Waals surface area contributed by atoms with E-state index < -0.39 is 0 Å². The van der Waals surface area contributed by atoms with E-state index in [-0.39, 0.29) is 5.91 Å². The van der Waals surface area contributed by atoms with Crippen LogP contribution in [0.4, 0.5) is 11.4 Å². The molecule has 0 bridgehead atoms. The normalized spacial score (nSPS) is 10.0. The fourth-order valence-corrected chi connectivity index (χ4v) is 2.07. The van der Waals surface area contributed by atoms with Crippen LogP contribution in [0.1, 0.15) is 10.4 Å². The van der Waals surface area contributed by atoms with E-state index in [1.165, 1.54) is 6.20 Å². The summed E-state index contributed by atoms with van der Waals surface area (Å²) in [5.41, 5.74) is 4.14. The maximum absolute atomic E-state index is 12.2. The molecular formula is C13H14N4OS. The van der Waals surface area contributed by atoms with Crippen LogP contribution in [0.2, 0.25) is 0 Å². The number of nitrogens with two attached hydrogens (primary N) is 1. The molecule has 6 heteroatoms. The van der Waals surface area contributed by atoms with E-state index in [4.69, 9.17) is 5.84 Å². The maximum Gasteiger partial charge on any atom is 0.257 e. The molecule has 0 radical (unpaired) electrons. The lowest BCUT2D eigenvalue weighted by Crippen LogP contribution is -2.17. The van der Waals surface area contributed by atoms with Crippen LogP contribution in [0.15, 0.2) is 47.6 Å². The fraction of sp³-hybridized carbons (Fsp3) is 0.0769. The summed E-state index contributed by atoms with van der Waals surface area (Å²) in [6.07, 6.45) is 5.04. The Hall–Kier alpha value is -2.05. The number of hydrogen-bond acceptors (Lipinski definition) is 5. The van der Waals surface area contributed by atoms with E-state index in [0.717, 1.165) is 10.6 Å². The molecule has 0 atom stereocenters. The molecule has 98 valence electrons. The number of carbonyl (C=O) groups is 1. The van der Waals surface area contributed by atoms with Gasteiger partial charge in [0.05, 0.1) is 17.4 Å². The van der Waals surface area contributed by atoms with Gasteiger partial charge in [-0.15, -0.1) is 11.8 Å². The number of anilines is 2. The topological polar surface area (TPSA) is 80.0 Å². The van der Waals surface area contributed by atoms with Gasteiger partial charge in [-0.05, 0) is 30.5 Å². The number of carbonyl (C=O) groups excluding carboxylic acids is 1. The molecule has 0 aliphatic carbocycles. The summed E-state index contributed by atoms with van der Waals surface area (Å²) in [7, 11) is 0. The van der Waals surface area contributed by atoms with E-state index >= 15 is 0 Å². The zero-order valence-corrected chi connectivity index (χ0v) is 11.2. The van der Waals surface area contributed by atoms with Crippen molar-refractivity contribution in [3.8, 4) is 0 Å². The highest BCUT2D eigenvalue weighted by Gasteiger charge is 2.10. The number of thioether (sulfide) groups is 1. The Morgan fingerprint density at radius 1 is 1.37 bits per heavy atom. The lowest BCUT2D eigenvalue weighted by atomic mass is 10.2. The molecule has 0 unspecified atom stereocenters. The predicted octanol–water partition coefficient (Wildman–Crippen LogP) is 2.34. The average Bonchev–Trinajstić information content (AvgIpc) is 2.47. The average molecular weight is 274 g/mol. The Bertz CT molecular complexity index is 588. The minimum absolute atomic E-state index is 0.228. The second-order valence-electron chi connectivity index (χ2n) is 3.75. The number of rotatable bonds is 4. The largest absolute Gasteiger partial charge is 0.322 e. The van der Waals surface area contributed by atoms with Crippen LogP contribution in [0, 0.1) is 0 Å².